The van der Waals surface area contributed by atoms with Crippen LogP contribution in [0.4, 0.5) is 4.39 Å². The highest BCUT2D eigenvalue weighted by atomic mass is 19.1. The smallest absolute Gasteiger partial charge is 0.220 e. The van der Waals surface area contributed by atoms with Crippen LogP contribution >= 0.6 is 0 Å². The number of rotatable bonds is 4. The highest BCUT2D eigenvalue weighted by Crippen LogP contribution is 2.17. The minimum atomic E-state index is -0.487. The fourth-order valence-corrected chi connectivity index (χ4v) is 2.35. The van der Waals surface area contributed by atoms with Crippen LogP contribution in [0.5, 0.6) is 0 Å². The van der Waals surface area contributed by atoms with E-state index in [2.05, 4.69) is 0 Å². The van der Waals surface area contributed by atoms with Crippen LogP contribution in [-0.2, 0) is 4.79 Å². The number of carbonyl (C=O) groups is 2. The summed E-state index contributed by atoms with van der Waals surface area (Å²) in [5.41, 5.74) is 5.38. The van der Waals surface area contributed by atoms with Crippen LogP contribution in [0.3, 0.4) is 0 Å². The lowest BCUT2D eigenvalue weighted by Gasteiger charge is -2.29. The van der Waals surface area contributed by atoms with Gasteiger partial charge < -0.3 is 5.73 Å². The normalized spacial score (nSPS) is 17.3. The molecular weight excluding hydrogens is 247 g/mol. The van der Waals surface area contributed by atoms with E-state index in [4.69, 9.17) is 5.73 Å². The number of carbonyl (C=O) groups excluding carboxylic acids is 2. The van der Waals surface area contributed by atoms with Crippen LogP contribution < -0.4 is 5.73 Å². The first-order chi connectivity index (χ1) is 9.08. The van der Waals surface area contributed by atoms with E-state index >= 15 is 0 Å². The van der Waals surface area contributed by atoms with Crippen molar-refractivity contribution >= 4 is 11.7 Å². The van der Waals surface area contributed by atoms with Gasteiger partial charge in [-0.15, -0.1) is 0 Å². The summed E-state index contributed by atoms with van der Waals surface area (Å²) >= 11 is 0. The molecule has 2 N–H and O–H groups in total. The maximum atomic E-state index is 13.5. The molecule has 0 bridgehead atoms. The lowest BCUT2D eigenvalue weighted by Crippen LogP contribution is -2.40. The van der Waals surface area contributed by atoms with Crippen LogP contribution in [0.1, 0.15) is 23.2 Å². The number of halogens is 1. The van der Waals surface area contributed by atoms with E-state index in [1.54, 1.807) is 12.1 Å². The number of benzene rings is 1. The Labute approximate surface area is 111 Å². The van der Waals surface area contributed by atoms with Crippen molar-refractivity contribution in [3.63, 3.8) is 0 Å². The largest absolute Gasteiger partial charge is 0.369 e. The van der Waals surface area contributed by atoms with E-state index in [1.165, 1.54) is 12.1 Å². The summed E-state index contributed by atoms with van der Waals surface area (Å²) in [7, 11) is 0. The molecular formula is C14H17FN2O2. The summed E-state index contributed by atoms with van der Waals surface area (Å²) in [4.78, 5) is 25.0. The SMILES string of the molecule is NC(=O)C1CCN(CC(=O)c2ccccc2F)CC1. The van der Waals surface area contributed by atoms with Gasteiger partial charge in [0.15, 0.2) is 5.78 Å². The van der Waals surface area contributed by atoms with Crippen LogP contribution in [0.2, 0.25) is 0 Å². The van der Waals surface area contributed by atoms with Crippen molar-refractivity contribution in [3.8, 4) is 0 Å². The number of Topliss-reactive ketones (excluding diaryl/α,β-unsaturated/α-hetero) is 1. The molecule has 1 aliphatic rings. The van der Waals surface area contributed by atoms with Crippen molar-refractivity contribution in [3.05, 3.63) is 35.6 Å². The monoisotopic (exact) mass is 264 g/mol. The van der Waals surface area contributed by atoms with Gasteiger partial charge in [-0.1, -0.05) is 12.1 Å². The predicted octanol–water partition coefficient (Wildman–Crippen LogP) is 1.21. The molecule has 1 aromatic rings. The maximum Gasteiger partial charge on any atom is 0.220 e. The maximum absolute atomic E-state index is 13.5. The van der Waals surface area contributed by atoms with Crippen molar-refractivity contribution in [1.29, 1.82) is 0 Å². The number of nitrogens with zero attached hydrogens (tertiary/aromatic N) is 1. The summed E-state index contributed by atoms with van der Waals surface area (Å²) in [6, 6.07) is 5.99. The van der Waals surface area contributed by atoms with Crippen LogP contribution in [0, 0.1) is 11.7 Å². The summed E-state index contributed by atoms with van der Waals surface area (Å²) < 4.78 is 13.5. The first-order valence-corrected chi connectivity index (χ1v) is 6.37. The van der Waals surface area contributed by atoms with Gasteiger partial charge in [0.25, 0.3) is 0 Å². The molecule has 0 radical (unpaired) electrons. The quantitative estimate of drug-likeness (QED) is 0.831. The zero-order valence-corrected chi connectivity index (χ0v) is 10.6. The Morgan fingerprint density at radius 3 is 2.47 bits per heavy atom. The topological polar surface area (TPSA) is 63.4 Å². The Morgan fingerprint density at radius 2 is 1.89 bits per heavy atom. The molecule has 0 aliphatic carbocycles. The number of piperidine rings is 1. The van der Waals surface area contributed by atoms with E-state index in [1.807, 2.05) is 4.90 Å². The van der Waals surface area contributed by atoms with Crippen molar-refractivity contribution in [1.82, 2.24) is 4.90 Å². The zero-order valence-electron chi connectivity index (χ0n) is 10.6. The first-order valence-electron chi connectivity index (χ1n) is 6.37. The van der Waals surface area contributed by atoms with E-state index in [0.29, 0.717) is 25.9 Å². The summed E-state index contributed by atoms with van der Waals surface area (Å²) in [6.45, 7) is 1.48. The third-order valence-corrected chi connectivity index (χ3v) is 3.53. The standard InChI is InChI=1S/C14H17FN2O2/c15-12-4-2-1-3-11(12)13(18)9-17-7-5-10(6-8-17)14(16)19/h1-4,10H,5-9H2,(H2,16,19). The van der Waals surface area contributed by atoms with Gasteiger partial charge in [0.05, 0.1) is 12.1 Å². The Balaban J connectivity index is 1.91. The fraction of sp³-hybridized carbons (Fsp3) is 0.429. The first kappa shape index (κ1) is 13.7. The van der Waals surface area contributed by atoms with Gasteiger partial charge >= 0.3 is 0 Å². The molecule has 102 valence electrons. The highest BCUT2D eigenvalue weighted by molar-refractivity contribution is 5.97. The highest BCUT2D eigenvalue weighted by Gasteiger charge is 2.24. The van der Waals surface area contributed by atoms with E-state index < -0.39 is 5.82 Å². The minimum absolute atomic E-state index is 0.0974. The van der Waals surface area contributed by atoms with Crippen LogP contribution in [0.15, 0.2) is 24.3 Å². The van der Waals surface area contributed by atoms with Gasteiger partial charge in [0.2, 0.25) is 5.91 Å². The average Bonchev–Trinajstić information content (AvgIpc) is 2.39. The third kappa shape index (κ3) is 3.38. The molecule has 0 atom stereocenters. The number of hydrogen-bond donors (Lipinski definition) is 1. The molecule has 1 aliphatic heterocycles. The second kappa shape index (κ2) is 5.93. The van der Waals surface area contributed by atoms with Gasteiger partial charge in [-0.2, -0.15) is 0 Å². The third-order valence-electron chi connectivity index (χ3n) is 3.53. The van der Waals surface area contributed by atoms with Gasteiger partial charge in [-0.25, -0.2) is 4.39 Å². The van der Waals surface area contributed by atoms with Crippen LogP contribution in [-0.4, -0.2) is 36.2 Å². The average molecular weight is 264 g/mol. The molecule has 1 fully saturated rings. The van der Waals surface area contributed by atoms with E-state index in [9.17, 15) is 14.0 Å². The predicted molar refractivity (Wildman–Crippen MR) is 69.1 cm³/mol. The number of primary amides is 1. The molecule has 1 amide bonds. The Bertz CT molecular complexity index is 482. The van der Waals surface area contributed by atoms with Crippen molar-refractivity contribution < 1.29 is 14.0 Å². The molecule has 2 rings (SSSR count). The number of hydrogen-bond acceptors (Lipinski definition) is 3. The van der Waals surface area contributed by atoms with Gasteiger partial charge in [-0.05, 0) is 38.1 Å². The molecule has 0 unspecified atom stereocenters. The fourth-order valence-electron chi connectivity index (χ4n) is 2.35. The molecule has 1 aromatic carbocycles. The number of likely N-dealkylation sites (tertiary alicyclic amines) is 1. The second-order valence-corrected chi connectivity index (χ2v) is 4.86. The van der Waals surface area contributed by atoms with Crippen molar-refractivity contribution in [2.45, 2.75) is 12.8 Å². The lowest BCUT2D eigenvalue weighted by molar-refractivity contribution is -0.123. The summed E-state index contributed by atoms with van der Waals surface area (Å²) in [6.07, 6.45) is 1.33. The summed E-state index contributed by atoms with van der Waals surface area (Å²) in [5.74, 6) is -1.09. The van der Waals surface area contributed by atoms with Gasteiger partial charge in [0.1, 0.15) is 5.82 Å². The molecule has 0 spiro atoms. The molecule has 4 nitrogen and oxygen atoms in total. The molecule has 5 heteroatoms. The molecule has 0 saturated carbocycles. The zero-order chi connectivity index (χ0) is 13.8. The summed E-state index contributed by atoms with van der Waals surface area (Å²) in [5, 5.41) is 0. The second-order valence-electron chi connectivity index (χ2n) is 4.86. The Morgan fingerprint density at radius 1 is 1.26 bits per heavy atom. The molecule has 1 heterocycles. The number of amides is 1. The minimum Gasteiger partial charge on any atom is -0.369 e. The van der Waals surface area contributed by atoms with E-state index in [-0.39, 0.29) is 29.7 Å². The van der Waals surface area contributed by atoms with Crippen molar-refractivity contribution in [2.24, 2.45) is 11.7 Å². The molecule has 19 heavy (non-hydrogen) atoms. The molecule has 0 aromatic heterocycles. The Kier molecular flexibility index (Phi) is 4.27. The lowest BCUT2D eigenvalue weighted by atomic mass is 9.96. The van der Waals surface area contributed by atoms with E-state index in [0.717, 1.165) is 0 Å². The van der Waals surface area contributed by atoms with Gasteiger partial charge in [0, 0.05) is 5.92 Å². The number of ketones is 1. The number of nitrogens with two attached hydrogens (primary N) is 1. The Hall–Kier alpha value is -1.75. The molecule has 1 saturated heterocycles. The van der Waals surface area contributed by atoms with Crippen molar-refractivity contribution in [2.75, 3.05) is 19.6 Å². The van der Waals surface area contributed by atoms with Gasteiger partial charge in [-0.3, -0.25) is 14.5 Å². The van der Waals surface area contributed by atoms with Crippen LogP contribution in [0.25, 0.3) is 0 Å².